The maximum absolute atomic E-state index is 12.2. The van der Waals surface area contributed by atoms with E-state index in [4.69, 9.17) is 0 Å². The minimum atomic E-state index is -0.827. The predicted molar refractivity (Wildman–Crippen MR) is 85.5 cm³/mol. The van der Waals surface area contributed by atoms with Crippen molar-refractivity contribution in [2.24, 2.45) is 0 Å². The van der Waals surface area contributed by atoms with Gasteiger partial charge in [0, 0.05) is 31.1 Å². The molecule has 0 saturated carbocycles. The lowest BCUT2D eigenvalue weighted by Crippen LogP contribution is -2.48. The first-order valence-electron chi connectivity index (χ1n) is 7.28. The van der Waals surface area contributed by atoms with Crippen LogP contribution in [0.3, 0.4) is 0 Å². The lowest BCUT2D eigenvalue weighted by atomic mass is 10.1. The SMILES string of the molecule is CN(C)CC(C)(O)CNCC(=O)N1CCc2sccc2C1. The number of rotatable bonds is 6. The van der Waals surface area contributed by atoms with Gasteiger partial charge in [-0.3, -0.25) is 4.79 Å². The van der Waals surface area contributed by atoms with Crippen LogP contribution >= 0.6 is 11.3 Å². The summed E-state index contributed by atoms with van der Waals surface area (Å²) in [6, 6.07) is 2.11. The van der Waals surface area contributed by atoms with Gasteiger partial charge in [-0.1, -0.05) is 0 Å². The molecule has 0 aliphatic carbocycles. The van der Waals surface area contributed by atoms with Gasteiger partial charge in [-0.25, -0.2) is 0 Å². The largest absolute Gasteiger partial charge is 0.388 e. The minimum Gasteiger partial charge on any atom is -0.388 e. The topological polar surface area (TPSA) is 55.8 Å². The van der Waals surface area contributed by atoms with Crippen LogP contribution in [0.25, 0.3) is 0 Å². The van der Waals surface area contributed by atoms with E-state index in [2.05, 4.69) is 16.8 Å². The quantitative estimate of drug-likeness (QED) is 0.805. The van der Waals surface area contributed by atoms with E-state index in [0.29, 0.717) is 19.6 Å². The number of hydrogen-bond acceptors (Lipinski definition) is 5. The Hall–Kier alpha value is -0.950. The molecule has 1 amide bonds. The van der Waals surface area contributed by atoms with Gasteiger partial charge in [0.15, 0.2) is 0 Å². The van der Waals surface area contributed by atoms with Crippen LogP contribution in [0, 0.1) is 0 Å². The zero-order valence-corrected chi connectivity index (χ0v) is 13.9. The first-order chi connectivity index (χ1) is 9.87. The summed E-state index contributed by atoms with van der Waals surface area (Å²) in [5.74, 6) is 0.104. The van der Waals surface area contributed by atoms with Crippen molar-refractivity contribution in [3.8, 4) is 0 Å². The van der Waals surface area contributed by atoms with Crippen LogP contribution in [-0.2, 0) is 17.8 Å². The number of aliphatic hydroxyl groups is 1. The molecule has 1 aromatic rings. The Labute approximate surface area is 130 Å². The summed E-state index contributed by atoms with van der Waals surface area (Å²) in [4.78, 5) is 17.4. The van der Waals surface area contributed by atoms with Crippen LogP contribution in [0.15, 0.2) is 11.4 Å². The van der Waals surface area contributed by atoms with Gasteiger partial charge in [-0.05, 0) is 44.4 Å². The molecule has 0 bridgehead atoms. The fraction of sp³-hybridized carbons (Fsp3) is 0.667. The Morgan fingerprint density at radius 1 is 1.57 bits per heavy atom. The number of nitrogens with one attached hydrogen (secondary N) is 1. The van der Waals surface area contributed by atoms with Crippen molar-refractivity contribution in [3.63, 3.8) is 0 Å². The molecule has 118 valence electrons. The molecular weight excluding hydrogens is 286 g/mol. The average molecular weight is 311 g/mol. The lowest BCUT2D eigenvalue weighted by molar-refractivity contribution is -0.131. The average Bonchev–Trinajstić information content (AvgIpc) is 2.83. The molecule has 0 spiro atoms. The maximum atomic E-state index is 12.2. The Morgan fingerprint density at radius 2 is 2.33 bits per heavy atom. The molecule has 2 rings (SSSR count). The normalized spacial score (nSPS) is 17.7. The number of carbonyl (C=O) groups is 1. The Kier molecular flexibility index (Phi) is 5.37. The third-order valence-electron chi connectivity index (χ3n) is 3.60. The molecule has 1 unspecified atom stereocenters. The number of amides is 1. The Balaban J connectivity index is 1.76. The molecule has 1 aliphatic rings. The molecule has 21 heavy (non-hydrogen) atoms. The standard InChI is InChI=1S/C15H25N3O2S/c1-15(20,11-17(2)3)10-16-8-14(19)18-6-4-13-12(9-18)5-7-21-13/h5,7,16,20H,4,6,8-11H2,1-3H3. The zero-order chi connectivity index (χ0) is 15.5. The summed E-state index contributed by atoms with van der Waals surface area (Å²) < 4.78 is 0. The highest BCUT2D eigenvalue weighted by Crippen LogP contribution is 2.23. The molecule has 0 saturated heterocycles. The molecule has 2 heterocycles. The van der Waals surface area contributed by atoms with Crippen LogP contribution < -0.4 is 5.32 Å². The van der Waals surface area contributed by atoms with Crippen molar-refractivity contribution in [1.82, 2.24) is 15.1 Å². The number of fused-ring (bicyclic) bond motifs is 1. The summed E-state index contributed by atoms with van der Waals surface area (Å²) in [7, 11) is 3.84. The number of likely N-dealkylation sites (N-methyl/N-ethyl adjacent to an activating group) is 1. The molecule has 1 aromatic heterocycles. The highest BCUT2D eigenvalue weighted by Gasteiger charge is 2.24. The second kappa shape index (κ2) is 6.87. The molecular formula is C15H25N3O2S. The Bertz CT molecular complexity index is 485. The fourth-order valence-corrected chi connectivity index (χ4v) is 3.64. The molecule has 2 N–H and O–H groups in total. The van der Waals surface area contributed by atoms with Crippen molar-refractivity contribution in [2.45, 2.75) is 25.5 Å². The van der Waals surface area contributed by atoms with Crippen molar-refractivity contribution in [3.05, 3.63) is 21.9 Å². The summed E-state index contributed by atoms with van der Waals surface area (Å²) in [6.07, 6.45) is 0.955. The summed E-state index contributed by atoms with van der Waals surface area (Å²) in [5, 5.41) is 15.4. The van der Waals surface area contributed by atoms with Crippen molar-refractivity contribution < 1.29 is 9.90 Å². The molecule has 0 fully saturated rings. The van der Waals surface area contributed by atoms with E-state index in [9.17, 15) is 9.90 Å². The second-order valence-electron chi connectivity index (χ2n) is 6.27. The van der Waals surface area contributed by atoms with E-state index in [1.165, 1.54) is 10.4 Å². The molecule has 1 aliphatic heterocycles. The van der Waals surface area contributed by atoms with Crippen molar-refractivity contribution in [2.75, 3.05) is 40.3 Å². The van der Waals surface area contributed by atoms with Crippen LogP contribution in [0.4, 0.5) is 0 Å². The molecule has 0 radical (unpaired) electrons. The molecule has 6 heteroatoms. The van der Waals surface area contributed by atoms with Crippen LogP contribution in [-0.4, -0.2) is 66.7 Å². The number of nitrogens with zero attached hydrogens (tertiary/aromatic N) is 2. The van der Waals surface area contributed by atoms with E-state index in [0.717, 1.165) is 13.0 Å². The number of thiophene rings is 1. The van der Waals surface area contributed by atoms with E-state index < -0.39 is 5.60 Å². The van der Waals surface area contributed by atoms with Gasteiger partial charge in [-0.2, -0.15) is 0 Å². The van der Waals surface area contributed by atoms with Crippen molar-refractivity contribution in [1.29, 1.82) is 0 Å². The third-order valence-corrected chi connectivity index (χ3v) is 4.62. The van der Waals surface area contributed by atoms with Gasteiger partial charge in [0.05, 0.1) is 12.1 Å². The minimum absolute atomic E-state index is 0.104. The van der Waals surface area contributed by atoms with Gasteiger partial charge in [-0.15, -0.1) is 11.3 Å². The van der Waals surface area contributed by atoms with Crippen LogP contribution in [0.1, 0.15) is 17.4 Å². The molecule has 1 atom stereocenters. The first kappa shape index (κ1) is 16.4. The van der Waals surface area contributed by atoms with Gasteiger partial charge >= 0.3 is 0 Å². The van der Waals surface area contributed by atoms with E-state index >= 15 is 0 Å². The maximum Gasteiger partial charge on any atom is 0.236 e. The van der Waals surface area contributed by atoms with E-state index in [1.54, 1.807) is 18.3 Å². The molecule has 0 aromatic carbocycles. The highest BCUT2D eigenvalue weighted by atomic mass is 32.1. The van der Waals surface area contributed by atoms with E-state index in [1.807, 2.05) is 23.9 Å². The smallest absolute Gasteiger partial charge is 0.236 e. The van der Waals surface area contributed by atoms with Crippen molar-refractivity contribution >= 4 is 17.2 Å². The Morgan fingerprint density at radius 3 is 3.05 bits per heavy atom. The highest BCUT2D eigenvalue weighted by molar-refractivity contribution is 7.10. The second-order valence-corrected chi connectivity index (χ2v) is 7.27. The van der Waals surface area contributed by atoms with E-state index in [-0.39, 0.29) is 12.5 Å². The fourth-order valence-electron chi connectivity index (χ4n) is 2.75. The van der Waals surface area contributed by atoms with Gasteiger partial charge < -0.3 is 20.2 Å². The van der Waals surface area contributed by atoms with Gasteiger partial charge in [0.2, 0.25) is 5.91 Å². The lowest BCUT2D eigenvalue weighted by Gasteiger charge is -2.29. The zero-order valence-electron chi connectivity index (χ0n) is 13.1. The third kappa shape index (κ3) is 4.78. The summed E-state index contributed by atoms with van der Waals surface area (Å²) in [5.41, 5.74) is 0.450. The summed E-state index contributed by atoms with van der Waals surface area (Å²) >= 11 is 1.77. The predicted octanol–water partition coefficient (Wildman–Crippen LogP) is 0.535. The number of hydrogen-bond donors (Lipinski definition) is 2. The first-order valence-corrected chi connectivity index (χ1v) is 8.16. The number of carbonyl (C=O) groups excluding carboxylic acids is 1. The van der Waals surface area contributed by atoms with Crippen LogP contribution in [0.5, 0.6) is 0 Å². The van der Waals surface area contributed by atoms with Gasteiger partial charge in [0.25, 0.3) is 0 Å². The monoisotopic (exact) mass is 311 g/mol. The summed E-state index contributed by atoms with van der Waals surface area (Å²) in [6.45, 7) is 4.55. The molecule has 5 nitrogen and oxygen atoms in total. The van der Waals surface area contributed by atoms with Crippen LogP contribution in [0.2, 0.25) is 0 Å². The van der Waals surface area contributed by atoms with Gasteiger partial charge in [0.1, 0.15) is 0 Å².